The lowest BCUT2D eigenvalue weighted by Crippen LogP contribution is -1.91. The summed E-state index contributed by atoms with van der Waals surface area (Å²) in [6, 6.07) is 35.7. The van der Waals surface area contributed by atoms with E-state index in [1.807, 2.05) is 11.3 Å². The Morgan fingerprint density at radius 2 is 1.15 bits per heavy atom. The molecule has 1 aliphatic rings. The second-order valence-electron chi connectivity index (χ2n) is 8.80. The molecule has 156 valence electrons. The van der Waals surface area contributed by atoms with Gasteiger partial charge in [0.05, 0.1) is 0 Å². The first-order valence-corrected chi connectivity index (χ1v) is 12.4. The maximum absolute atomic E-state index is 2.44. The van der Waals surface area contributed by atoms with Gasteiger partial charge in [-0.1, -0.05) is 91.0 Å². The number of thiophene rings is 1. The number of rotatable bonds is 2. The molecule has 0 atom stereocenters. The number of benzene rings is 5. The molecule has 7 rings (SSSR count). The third-order valence-corrected chi connectivity index (χ3v) is 8.11. The van der Waals surface area contributed by atoms with Crippen LogP contribution in [0.4, 0.5) is 0 Å². The molecule has 0 aliphatic heterocycles. The Kier molecular flexibility index (Phi) is 4.25. The molecule has 0 nitrogen and oxygen atoms in total. The van der Waals surface area contributed by atoms with Crippen LogP contribution >= 0.6 is 11.3 Å². The van der Waals surface area contributed by atoms with Crippen molar-refractivity contribution in [2.24, 2.45) is 0 Å². The third-order valence-electron chi connectivity index (χ3n) is 6.93. The van der Waals surface area contributed by atoms with Gasteiger partial charge in [-0.15, -0.1) is 11.3 Å². The molecular weight excluding hydrogens is 416 g/mol. The molecule has 0 fully saturated rings. The molecule has 0 unspecified atom stereocenters. The van der Waals surface area contributed by atoms with E-state index in [0.29, 0.717) is 0 Å². The molecule has 0 N–H and O–H groups in total. The van der Waals surface area contributed by atoms with Crippen molar-refractivity contribution in [3.05, 3.63) is 114 Å². The first kappa shape index (κ1) is 18.8. The van der Waals surface area contributed by atoms with Crippen LogP contribution in [0.5, 0.6) is 0 Å². The van der Waals surface area contributed by atoms with Gasteiger partial charge in [0.2, 0.25) is 0 Å². The predicted molar refractivity (Wildman–Crippen MR) is 145 cm³/mol. The van der Waals surface area contributed by atoms with Gasteiger partial charge in [-0.3, -0.25) is 0 Å². The van der Waals surface area contributed by atoms with Crippen molar-refractivity contribution in [1.29, 1.82) is 0 Å². The summed E-state index contributed by atoms with van der Waals surface area (Å²) in [6.45, 7) is 0. The molecule has 1 heterocycles. The van der Waals surface area contributed by atoms with E-state index < -0.39 is 0 Å². The van der Waals surface area contributed by atoms with Gasteiger partial charge < -0.3 is 0 Å². The molecule has 6 aromatic rings. The van der Waals surface area contributed by atoms with Gasteiger partial charge in [0.15, 0.2) is 0 Å². The van der Waals surface area contributed by atoms with Crippen LogP contribution in [0.2, 0.25) is 0 Å². The fourth-order valence-corrected chi connectivity index (χ4v) is 6.65. The number of aryl methyl sites for hydroxylation is 1. The maximum atomic E-state index is 2.44. The Labute approximate surface area is 197 Å². The molecule has 0 bridgehead atoms. The van der Waals surface area contributed by atoms with Crippen molar-refractivity contribution in [3.63, 3.8) is 0 Å². The standard InChI is InChI=1S/C32H22S/c1-2-10-21(11-3-1)31-24-13-4-6-15-26(24)32(27-16-7-5-14-25(27)31)22-18-19-30-28(20-22)23-12-8-9-17-29(23)33-30/h1-7,9-11,13-20H,8,12H2. The van der Waals surface area contributed by atoms with E-state index in [-0.39, 0.29) is 0 Å². The summed E-state index contributed by atoms with van der Waals surface area (Å²) in [4.78, 5) is 1.43. The lowest BCUT2D eigenvalue weighted by molar-refractivity contribution is 1.01. The van der Waals surface area contributed by atoms with E-state index in [9.17, 15) is 0 Å². The molecule has 0 radical (unpaired) electrons. The van der Waals surface area contributed by atoms with Crippen LogP contribution in [-0.2, 0) is 6.42 Å². The first-order chi connectivity index (χ1) is 16.4. The summed E-state index contributed by atoms with van der Waals surface area (Å²) in [7, 11) is 0. The van der Waals surface area contributed by atoms with Crippen molar-refractivity contribution >= 4 is 49.0 Å². The molecule has 1 aromatic heterocycles. The molecule has 1 heteroatoms. The molecule has 0 saturated carbocycles. The SMILES string of the molecule is C1=Cc2sc3ccc(-c4c5ccccc5c(-c5ccccc5)c5ccccc45)cc3c2CC1. The second-order valence-corrected chi connectivity index (χ2v) is 9.89. The third kappa shape index (κ3) is 2.90. The van der Waals surface area contributed by atoms with Gasteiger partial charge >= 0.3 is 0 Å². The number of hydrogen-bond donors (Lipinski definition) is 0. The summed E-state index contributed by atoms with van der Waals surface area (Å²) in [5.74, 6) is 0. The van der Waals surface area contributed by atoms with E-state index in [2.05, 4.69) is 109 Å². The second kappa shape index (κ2) is 7.43. The Morgan fingerprint density at radius 1 is 0.545 bits per heavy atom. The molecule has 33 heavy (non-hydrogen) atoms. The number of allylic oxidation sites excluding steroid dienone is 1. The van der Waals surface area contributed by atoms with Crippen LogP contribution in [-0.4, -0.2) is 0 Å². The van der Waals surface area contributed by atoms with E-state index in [4.69, 9.17) is 0 Å². The summed E-state index contributed by atoms with van der Waals surface area (Å²) in [5, 5.41) is 6.69. The zero-order chi connectivity index (χ0) is 21.8. The number of fused-ring (bicyclic) bond motifs is 5. The van der Waals surface area contributed by atoms with Crippen LogP contribution in [0.3, 0.4) is 0 Å². The van der Waals surface area contributed by atoms with Gasteiger partial charge in [-0.25, -0.2) is 0 Å². The van der Waals surface area contributed by atoms with Crippen molar-refractivity contribution < 1.29 is 0 Å². The summed E-state index contributed by atoms with van der Waals surface area (Å²) in [5.41, 5.74) is 6.77. The van der Waals surface area contributed by atoms with Crippen LogP contribution in [0, 0.1) is 0 Å². The fourth-order valence-electron chi connectivity index (χ4n) is 5.49. The topological polar surface area (TPSA) is 0 Å². The van der Waals surface area contributed by atoms with Crippen LogP contribution in [0.25, 0.3) is 60.0 Å². The van der Waals surface area contributed by atoms with Crippen LogP contribution in [0.15, 0.2) is 103 Å². The van der Waals surface area contributed by atoms with E-state index in [1.165, 1.54) is 64.3 Å². The normalized spacial score (nSPS) is 13.1. The van der Waals surface area contributed by atoms with Crippen molar-refractivity contribution in [3.8, 4) is 22.3 Å². The zero-order valence-corrected chi connectivity index (χ0v) is 19.0. The zero-order valence-electron chi connectivity index (χ0n) is 18.2. The highest BCUT2D eigenvalue weighted by molar-refractivity contribution is 7.20. The minimum absolute atomic E-state index is 1.14. The quantitative estimate of drug-likeness (QED) is 0.236. The average Bonchev–Trinajstić information content (AvgIpc) is 3.25. The van der Waals surface area contributed by atoms with Gasteiger partial charge in [0.1, 0.15) is 0 Å². The van der Waals surface area contributed by atoms with Crippen molar-refractivity contribution in [2.45, 2.75) is 12.8 Å². The minimum Gasteiger partial charge on any atom is -0.136 e. The summed E-state index contributed by atoms with van der Waals surface area (Å²) < 4.78 is 1.39. The van der Waals surface area contributed by atoms with Gasteiger partial charge in [-0.05, 0) is 85.8 Å². The maximum Gasteiger partial charge on any atom is 0.0352 e. The fraction of sp³-hybridized carbons (Fsp3) is 0.0625. The molecule has 0 spiro atoms. The van der Waals surface area contributed by atoms with Gasteiger partial charge in [-0.2, -0.15) is 0 Å². The first-order valence-electron chi connectivity index (χ1n) is 11.6. The Bertz CT molecular complexity index is 1640. The average molecular weight is 439 g/mol. The van der Waals surface area contributed by atoms with Crippen molar-refractivity contribution in [1.82, 2.24) is 0 Å². The molecule has 5 aromatic carbocycles. The molecule has 0 saturated heterocycles. The Morgan fingerprint density at radius 3 is 1.82 bits per heavy atom. The van der Waals surface area contributed by atoms with Gasteiger partial charge in [0.25, 0.3) is 0 Å². The van der Waals surface area contributed by atoms with Crippen molar-refractivity contribution in [2.75, 3.05) is 0 Å². The van der Waals surface area contributed by atoms with Crippen LogP contribution in [0.1, 0.15) is 16.9 Å². The Hall–Kier alpha value is -3.68. The smallest absolute Gasteiger partial charge is 0.0352 e. The van der Waals surface area contributed by atoms with E-state index in [1.54, 1.807) is 0 Å². The largest absolute Gasteiger partial charge is 0.136 e. The molecule has 1 aliphatic carbocycles. The summed E-state index contributed by atoms with van der Waals surface area (Å²) in [6.07, 6.45) is 6.90. The number of hydrogen-bond acceptors (Lipinski definition) is 1. The molecule has 0 amide bonds. The highest BCUT2D eigenvalue weighted by Gasteiger charge is 2.18. The van der Waals surface area contributed by atoms with E-state index in [0.717, 1.165) is 12.8 Å². The lowest BCUT2D eigenvalue weighted by Gasteiger charge is -2.18. The summed E-state index contributed by atoms with van der Waals surface area (Å²) >= 11 is 1.92. The molecular formula is C32H22S. The van der Waals surface area contributed by atoms with Crippen LogP contribution < -0.4 is 0 Å². The minimum atomic E-state index is 1.14. The Balaban J connectivity index is 1.60. The monoisotopic (exact) mass is 438 g/mol. The van der Waals surface area contributed by atoms with Gasteiger partial charge in [0, 0.05) is 9.58 Å². The van der Waals surface area contributed by atoms with E-state index >= 15 is 0 Å². The predicted octanol–water partition coefficient (Wildman–Crippen LogP) is 9.50. The lowest BCUT2D eigenvalue weighted by atomic mass is 9.85. The highest BCUT2D eigenvalue weighted by atomic mass is 32.1. The highest BCUT2D eigenvalue weighted by Crippen LogP contribution is 2.45.